The van der Waals surface area contributed by atoms with Gasteiger partial charge in [-0.15, -0.1) is 0 Å². The van der Waals surface area contributed by atoms with Crippen molar-refractivity contribution in [1.82, 2.24) is 20.5 Å². The summed E-state index contributed by atoms with van der Waals surface area (Å²) in [4.78, 5) is 29.8. The molecule has 1 aromatic heterocycles. The van der Waals surface area contributed by atoms with Gasteiger partial charge in [0, 0.05) is 18.3 Å². The van der Waals surface area contributed by atoms with Gasteiger partial charge in [0.1, 0.15) is 17.3 Å². The standard InChI is InChI=1S/C14H15N5O2/c15-7-11-10(3-1-6-17-11)8-19-12(20)14(18-13(19)21)4-2-5-16-9-14/h1,3,6,16H,2,4-5,8-9H2,(H,18,21). The highest BCUT2D eigenvalue weighted by atomic mass is 16.2. The molecule has 7 heteroatoms. The monoisotopic (exact) mass is 285 g/mol. The quantitative estimate of drug-likeness (QED) is 0.752. The van der Waals surface area contributed by atoms with Crippen LogP contribution in [0.1, 0.15) is 24.1 Å². The van der Waals surface area contributed by atoms with Crippen molar-refractivity contribution in [2.45, 2.75) is 24.9 Å². The normalized spacial score (nSPS) is 25.0. The van der Waals surface area contributed by atoms with Crippen LogP contribution in [0.25, 0.3) is 0 Å². The second kappa shape index (κ2) is 5.14. The zero-order chi connectivity index (χ0) is 14.9. The molecule has 21 heavy (non-hydrogen) atoms. The summed E-state index contributed by atoms with van der Waals surface area (Å²) in [5, 5.41) is 15.0. The number of nitriles is 1. The van der Waals surface area contributed by atoms with E-state index in [4.69, 9.17) is 5.26 Å². The number of nitrogens with one attached hydrogen (secondary N) is 2. The van der Waals surface area contributed by atoms with Gasteiger partial charge in [-0.1, -0.05) is 6.07 Å². The third-order valence-corrected chi connectivity index (χ3v) is 3.96. The average molecular weight is 285 g/mol. The SMILES string of the molecule is N#Cc1ncccc1CN1C(=O)NC2(CCCNC2)C1=O. The summed E-state index contributed by atoms with van der Waals surface area (Å²) in [5.41, 5.74) is -0.0187. The van der Waals surface area contributed by atoms with Crippen LogP contribution in [0, 0.1) is 11.3 Å². The van der Waals surface area contributed by atoms with Gasteiger partial charge in [-0.2, -0.15) is 5.26 Å². The maximum absolute atomic E-state index is 12.6. The average Bonchev–Trinajstić information content (AvgIpc) is 2.73. The van der Waals surface area contributed by atoms with E-state index in [9.17, 15) is 9.59 Å². The van der Waals surface area contributed by atoms with Gasteiger partial charge in [0.15, 0.2) is 0 Å². The lowest BCUT2D eigenvalue weighted by atomic mass is 9.90. The molecule has 2 aliphatic heterocycles. The Kier molecular flexibility index (Phi) is 3.31. The fourth-order valence-corrected chi connectivity index (χ4v) is 2.85. The van der Waals surface area contributed by atoms with Crippen LogP contribution in [0.15, 0.2) is 18.3 Å². The summed E-state index contributed by atoms with van der Waals surface area (Å²) in [6, 6.07) is 4.96. The van der Waals surface area contributed by atoms with Gasteiger partial charge in [0.25, 0.3) is 5.91 Å². The Morgan fingerprint density at radius 2 is 2.33 bits per heavy atom. The number of hydrogen-bond donors (Lipinski definition) is 2. The van der Waals surface area contributed by atoms with Gasteiger partial charge in [0.2, 0.25) is 0 Å². The van der Waals surface area contributed by atoms with E-state index >= 15 is 0 Å². The van der Waals surface area contributed by atoms with Crippen molar-refractivity contribution < 1.29 is 9.59 Å². The number of carbonyl (C=O) groups is 2. The fourth-order valence-electron chi connectivity index (χ4n) is 2.85. The molecule has 3 heterocycles. The smallest absolute Gasteiger partial charge is 0.322 e. The zero-order valence-electron chi connectivity index (χ0n) is 11.4. The minimum absolute atomic E-state index is 0.0726. The molecule has 0 bridgehead atoms. The predicted molar refractivity (Wildman–Crippen MR) is 72.9 cm³/mol. The number of piperidine rings is 1. The number of hydrogen-bond acceptors (Lipinski definition) is 5. The molecule has 1 unspecified atom stereocenters. The topological polar surface area (TPSA) is 98.1 Å². The van der Waals surface area contributed by atoms with E-state index in [1.165, 1.54) is 11.1 Å². The number of imide groups is 1. The molecule has 7 nitrogen and oxygen atoms in total. The highest BCUT2D eigenvalue weighted by Gasteiger charge is 2.51. The fraction of sp³-hybridized carbons (Fsp3) is 0.429. The molecule has 0 saturated carbocycles. The Balaban J connectivity index is 1.85. The van der Waals surface area contributed by atoms with Gasteiger partial charge < -0.3 is 10.6 Å². The van der Waals surface area contributed by atoms with Gasteiger partial charge in [-0.25, -0.2) is 9.78 Å². The first-order valence-corrected chi connectivity index (χ1v) is 6.85. The number of carbonyl (C=O) groups excluding carboxylic acids is 2. The molecule has 1 atom stereocenters. The summed E-state index contributed by atoms with van der Waals surface area (Å²) in [6.45, 7) is 1.38. The molecule has 1 spiro atoms. The third-order valence-electron chi connectivity index (χ3n) is 3.96. The summed E-state index contributed by atoms with van der Waals surface area (Å²) in [5.74, 6) is -0.229. The Hall–Kier alpha value is -2.46. The van der Waals surface area contributed by atoms with Gasteiger partial charge in [-0.05, 0) is 25.5 Å². The number of rotatable bonds is 2. The second-order valence-electron chi connectivity index (χ2n) is 5.31. The van der Waals surface area contributed by atoms with Crippen LogP contribution in [0.4, 0.5) is 4.79 Å². The molecule has 0 aromatic carbocycles. The third kappa shape index (κ3) is 2.23. The molecule has 0 radical (unpaired) electrons. The molecular weight excluding hydrogens is 270 g/mol. The molecule has 3 amide bonds. The molecule has 2 aliphatic rings. The largest absolute Gasteiger partial charge is 0.325 e. The van der Waals surface area contributed by atoms with E-state index < -0.39 is 11.6 Å². The highest BCUT2D eigenvalue weighted by Crippen LogP contribution is 2.26. The lowest BCUT2D eigenvalue weighted by molar-refractivity contribution is -0.132. The summed E-state index contributed by atoms with van der Waals surface area (Å²) in [7, 11) is 0. The Morgan fingerprint density at radius 3 is 3.05 bits per heavy atom. The van der Waals surface area contributed by atoms with Crippen LogP contribution in [-0.4, -0.2) is 40.5 Å². The van der Waals surface area contributed by atoms with Crippen molar-refractivity contribution in [1.29, 1.82) is 5.26 Å². The van der Waals surface area contributed by atoms with E-state index in [0.717, 1.165) is 13.0 Å². The van der Waals surface area contributed by atoms with E-state index in [0.29, 0.717) is 18.5 Å². The van der Waals surface area contributed by atoms with Crippen molar-refractivity contribution in [2.75, 3.05) is 13.1 Å². The minimum Gasteiger partial charge on any atom is -0.322 e. The van der Waals surface area contributed by atoms with Crippen LogP contribution in [0.5, 0.6) is 0 Å². The summed E-state index contributed by atoms with van der Waals surface area (Å²) >= 11 is 0. The van der Waals surface area contributed by atoms with Gasteiger partial charge >= 0.3 is 6.03 Å². The van der Waals surface area contributed by atoms with Crippen molar-refractivity contribution in [3.05, 3.63) is 29.6 Å². The number of aromatic nitrogens is 1. The molecule has 2 saturated heterocycles. The molecule has 0 aliphatic carbocycles. The van der Waals surface area contributed by atoms with Crippen LogP contribution in [0.3, 0.4) is 0 Å². The molecule has 3 rings (SSSR count). The first-order chi connectivity index (χ1) is 10.2. The van der Waals surface area contributed by atoms with Gasteiger partial charge in [0.05, 0.1) is 6.54 Å². The summed E-state index contributed by atoms with van der Waals surface area (Å²) < 4.78 is 0. The molecular formula is C14H15N5O2. The maximum Gasteiger partial charge on any atom is 0.325 e. The van der Waals surface area contributed by atoms with Crippen LogP contribution < -0.4 is 10.6 Å². The maximum atomic E-state index is 12.6. The first-order valence-electron chi connectivity index (χ1n) is 6.85. The molecule has 2 fully saturated rings. The highest BCUT2D eigenvalue weighted by molar-refractivity contribution is 6.07. The Morgan fingerprint density at radius 1 is 1.48 bits per heavy atom. The number of urea groups is 1. The lowest BCUT2D eigenvalue weighted by Crippen LogP contribution is -2.57. The van der Waals surface area contributed by atoms with Crippen molar-refractivity contribution >= 4 is 11.9 Å². The molecule has 2 N–H and O–H groups in total. The molecule has 1 aromatic rings. The van der Waals surface area contributed by atoms with Crippen molar-refractivity contribution in [3.63, 3.8) is 0 Å². The van der Waals surface area contributed by atoms with Crippen LogP contribution >= 0.6 is 0 Å². The zero-order valence-corrected chi connectivity index (χ0v) is 11.4. The van der Waals surface area contributed by atoms with E-state index in [1.54, 1.807) is 12.1 Å². The van der Waals surface area contributed by atoms with E-state index in [-0.39, 0.29) is 18.1 Å². The van der Waals surface area contributed by atoms with Gasteiger partial charge in [-0.3, -0.25) is 9.69 Å². The number of amides is 3. The second-order valence-corrected chi connectivity index (χ2v) is 5.31. The summed E-state index contributed by atoms with van der Waals surface area (Å²) in [6.07, 6.45) is 3.00. The lowest BCUT2D eigenvalue weighted by Gasteiger charge is -2.31. The van der Waals surface area contributed by atoms with Crippen LogP contribution in [0.2, 0.25) is 0 Å². The molecule has 108 valence electrons. The minimum atomic E-state index is -0.829. The Labute approximate surface area is 121 Å². The predicted octanol–water partition coefficient (Wildman–Crippen LogP) is 0.127. The van der Waals surface area contributed by atoms with Crippen LogP contribution in [-0.2, 0) is 11.3 Å². The number of nitrogens with zero attached hydrogens (tertiary/aromatic N) is 3. The first kappa shape index (κ1) is 13.5. The number of pyridine rings is 1. The Bertz CT molecular complexity index is 630. The van der Waals surface area contributed by atoms with E-state index in [2.05, 4.69) is 15.6 Å². The van der Waals surface area contributed by atoms with E-state index in [1.807, 2.05) is 6.07 Å². The van der Waals surface area contributed by atoms with Crippen molar-refractivity contribution in [3.8, 4) is 6.07 Å². The van der Waals surface area contributed by atoms with Crippen molar-refractivity contribution in [2.24, 2.45) is 0 Å².